The normalized spacial score (nSPS) is 12.1. The number of para-hydroxylation sites is 1. The van der Waals surface area contributed by atoms with Gasteiger partial charge in [-0.2, -0.15) is 16.8 Å². The first-order valence-corrected chi connectivity index (χ1v) is 8.67. The van der Waals surface area contributed by atoms with Gasteiger partial charge >= 0.3 is 0 Å². The molecule has 0 aliphatic heterocycles. The monoisotopic (exact) mass is 344 g/mol. The molecule has 0 amide bonds. The van der Waals surface area contributed by atoms with Crippen molar-refractivity contribution >= 4 is 37.3 Å². The molecule has 0 unspecified atom stereocenters. The Morgan fingerprint density at radius 1 is 0.864 bits per heavy atom. The van der Waals surface area contributed by atoms with Gasteiger partial charge < -0.3 is 11.1 Å². The van der Waals surface area contributed by atoms with Gasteiger partial charge in [0.15, 0.2) is 0 Å². The lowest BCUT2D eigenvalue weighted by atomic mass is 10.2. The van der Waals surface area contributed by atoms with E-state index in [-0.39, 0.29) is 22.0 Å². The summed E-state index contributed by atoms with van der Waals surface area (Å²) in [6.45, 7) is 0. The lowest BCUT2D eigenvalue weighted by molar-refractivity contribution is 0.481. The van der Waals surface area contributed by atoms with E-state index in [2.05, 4.69) is 5.32 Å². The molecule has 0 aromatic heterocycles. The molecule has 10 heteroatoms. The van der Waals surface area contributed by atoms with Crippen molar-refractivity contribution in [2.24, 2.45) is 0 Å². The second-order valence-electron chi connectivity index (χ2n) is 4.32. The van der Waals surface area contributed by atoms with Crippen molar-refractivity contribution < 1.29 is 25.9 Å². The van der Waals surface area contributed by atoms with Crippen molar-refractivity contribution in [1.29, 1.82) is 0 Å². The van der Waals surface area contributed by atoms with E-state index in [0.29, 0.717) is 0 Å². The Morgan fingerprint density at radius 3 is 2.05 bits per heavy atom. The number of benzene rings is 2. The van der Waals surface area contributed by atoms with Gasteiger partial charge in [0.05, 0.1) is 11.4 Å². The van der Waals surface area contributed by atoms with Crippen LogP contribution in [-0.2, 0) is 20.2 Å². The maximum atomic E-state index is 11.3. The second-order valence-corrected chi connectivity index (χ2v) is 7.10. The third-order valence-corrected chi connectivity index (χ3v) is 4.56. The van der Waals surface area contributed by atoms with Crippen molar-refractivity contribution in [3.63, 3.8) is 0 Å². The van der Waals surface area contributed by atoms with Crippen LogP contribution in [0.25, 0.3) is 0 Å². The van der Waals surface area contributed by atoms with E-state index in [1.54, 1.807) is 0 Å². The molecule has 22 heavy (non-hydrogen) atoms. The van der Waals surface area contributed by atoms with Gasteiger partial charge in [0, 0.05) is 5.69 Å². The van der Waals surface area contributed by atoms with Crippen LogP contribution in [0.2, 0.25) is 0 Å². The summed E-state index contributed by atoms with van der Waals surface area (Å²) < 4.78 is 63.2. The number of nitrogen functional groups attached to an aromatic ring is 1. The lowest BCUT2D eigenvalue weighted by Crippen LogP contribution is -2.06. The molecule has 2 rings (SSSR count). The molecule has 0 saturated carbocycles. The zero-order valence-electron chi connectivity index (χ0n) is 11.0. The zero-order valence-corrected chi connectivity index (χ0v) is 12.6. The molecular formula is C12H12N2O6S2. The van der Waals surface area contributed by atoms with Crippen LogP contribution in [0.5, 0.6) is 0 Å². The first-order chi connectivity index (χ1) is 10.1. The molecule has 0 aliphatic carbocycles. The summed E-state index contributed by atoms with van der Waals surface area (Å²) >= 11 is 0. The van der Waals surface area contributed by atoms with E-state index in [9.17, 15) is 16.8 Å². The molecule has 5 N–H and O–H groups in total. The third kappa shape index (κ3) is 3.54. The van der Waals surface area contributed by atoms with Gasteiger partial charge in [-0.25, -0.2) is 0 Å². The van der Waals surface area contributed by atoms with Crippen LogP contribution in [-0.4, -0.2) is 25.9 Å². The van der Waals surface area contributed by atoms with Crippen molar-refractivity contribution in [3.8, 4) is 0 Å². The van der Waals surface area contributed by atoms with Gasteiger partial charge in [-0.3, -0.25) is 9.11 Å². The maximum Gasteiger partial charge on any atom is 0.296 e. The van der Waals surface area contributed by atoms with Crippen molar-refractivity contribution in [3.05, 3.63) is 42.5 Å². The van der Waals surface area contributed by atoms with Crippen molar-refractivity contribution in [1.82, 2.24) is 0 Å². The van der Waals surface area contributed by atoms with Crippen LogP contribution < -0.4 is 11.1 Å². The maximum absolute atomic E-state index is 11.3. The van der Waals surface area contributed by atoms with Crippen LogP contribution in [0, 0.1) is 0 Å². The van der Waals surface area contributed by atoms with Crippen LogP contribution in [0.1, 0.15) is 0 Å². The molecule has 0 fully saturated rings. The van der Waals surface area contributed by atoms with E-state index in [1.165, 1.54) is 36.4 Å². The van der Waals surface area contributed by atoms with Gasteiger partial charge in [-0.05, 0) is 30.3 Å². The molecule has 2 aromatic carbocycles. The first kappa shape index (κ1) is 16.2. The lowest BCUT2D eigenvalue weighted by Gasteiger charge is -2.11. The molecule has 0 atom stereocenters. The Labute approximate surface area is 127 Å². The summed E-state index contributed by atoms with van der Waals surface area (Å²) in [5.74, 6) is 0. The minimum absolute atomic E-state index is 0.0380. The predicted molar refractivity (Wildman–Crippen MR) is 80.2 cm³/mol. The number of rotatable bonds is 4. The molecule has 0 heterocycles. The summed E-state index contributed by atoms with van der Waals surface area (Å²) in [6.07, 6.45) is 0. The fourth-order valence-corrected chi connectivity index (χ4v) is 3.08. The Morgan fingerprint density at radius 2 is 1.45 bits per heavy atom. The quantitative estimate of drug-likeness (QED) is 0.482. The van der Waals surface area contributed by atoms with Gasteiger partial charge in [0.25, 0.3) is 20.2 Å². The summed E-state index contributed by atoms with van der Waals surface area (Å²) in [7, 11) is -8.97. The Hall–Kier alpha value is -2.14. The van der Waals surface area contributed by atoms with Crippen LogP contribution in [0.4, 0.5) is 17.1 Å². The third-order valence-electron chi connectivity index (χ3n) is 2.74. The van der Waals surface area contributed by atoms with E-state index >= 15 is 0 Å². The average Bonchev–Trinajstić information content (AvgIpc) is 2.39. The minimum atomic E-state index is -4.52. The van der Waals surface area contributed by atoms with Gasteiger partial charge in [-0.1, -0.05) is 12.1 Å². The van der Waals surface area contributed by atoms with Crippen LogP contribution in [0.3, 0.4) is 0 Å². The molecule has 0 spiro atoms. The van der Waals surface area contributed by atoms with E-state index in [1.807, 2.05) is 0 Å². The van der Waals surface area contributed by atoms with Gasteiger partial charge in [0.2, 0.25) is 0 Å². The minimum Gasteiger partial charge on any atom is -0.398 e. The Balaban J connectivity index is 2.50. The molecule has 0 radical (unpaired) electrons. The fourth-order valence-electron chi connectivity index (χ4n) is 1.79. The topological polar surface area (TPSA) is 147 Å². The highest BCUT2D eigenvalue weighted by molar-refractivity contribution is 7.86. The molecule has 0 bridgehead atoms. The number of hydrogen-bond acceptors (Lipinski definition) is 6. The SMILES string of the molecule is Nc1ccc(Nc2ccccc2S(=O)(=O)O)cc1S(=O)(=O)O. The smallest absolute Gasteiger partial charge is 0.296 e. The molecule has 8 nitrogen and oxygen atoms in total. The Kier molecular flexibility index (Phi) is 4.11. The molecule has 118 valence electrons. The molecular weight excluding hydrogens is 332 g/mol. The van der Waals surface area contributed by atoms with Crippen molar-refractivity contribution in [2.45, 2.75) is 9.79 Å². The van der Waals surface area contributed by atoms with Crippen LogP contribution in [0.15, 0.2) is 52.3 Å². The highest BCUT2D eigenvalue weighted by Crippen LogP contribution is 2.28. The predicted octanol–water partition coefficient (Wildman–Crippen LogP) is 1.51. The second kappa shape index (κ2) is 5.57. The van der Waals surface area contributed by atoms with E-state index in [4.69, 9.17) is 14.8 Å². The summed E-state index contributed by atoms with van der Waals surface area (Å²) in [5, 5.41) is 2.65. The van der Waals surface area contributed by atoms with Gasteiger partial charge in [-0.15, -0.1) is 0 Å². The summed E-state index contributed by atoms with van der Waals surface area (Å²) in [6, 6.07) is 9.18. The fraction of sp³-hybridized carbons (Fsp3) is 0. The highest BCUT2D eigenvalue weighted by atomic mass is 32.2. The molecule has 2 aromatic rings. The largest absolute Gasteiger partial charge is 0.398 e. The zero-order chi connectivity index (χ0) is 16.5. The summed E-state index contributed by atoms with van der Waals surface area (Å²) in [4.78, 5) is -0.887. The molecule has 0 aliphatic rings. The standard InChI is InChI=1S/C12H12N2O6S2/c13-9-6-5-8(7-12(9)22(18,19)20)14-10-3-1-2-4-11(10)21(15,16)17/h1-7,14H,13H2,(H,15,16,17)(H,18,19,20). The number of hydrogen-bond donors (Lipinski definition) is 4. The number of nitrogens with one attached hydrogen (secondary N) is 1. The number of nitrogens with two attached hydrogens (primary N) is 1. The summed E-state index contributed by atoms with van der Waals surface area (Å²) in [5.41, 5.74) is 5.51. The molecule has 0 saturated heterocycles. The van der Waals surface area contributed by atoms with Crippen molar-refractivity contribution in [2.75, 3.05) is 11.1 Å². The van der Waals surface area contributed by atoms with E-state index < -0.39 is 25.1 Å². The highest BCUT2D eigenvalue weighted by Gasteiger charge is 2.17. The van der Waals surface area contributed by atoms with E-state index in [0.717, 1.165) is 6.07 Å². The Bertz CT molecular complexity index is 922. The van der Waals surface area contributed by atoms with Gasteiger partial charge in [0.1, 0.15) is 9.79 Å². The average molecular weight is 344 g/mol. The first-order valence-electron chi connectivity index (χ1n) is 5.79. The number of anilines is 3. The van der Waals surface area contributed by atoms with Crippen LogP contribution >= 0.6 is 0 Å².